The molecular formula is C28H39NO7S. The number of aliphatic hydroxyl groups is 1. The standard InChI is InChI=1S/C28H39NO7S/c1-8-28(9-2,18-10-11-20(16(3)12-18)36-15-21(30)27(5,6)7)22-13-17(4)24(37-22)25(33)29-19(26(34)35)14-23(31)32/h10-13,19,21,30H,8-9,14-15H2,1-7H3,(H,29,33)(H,31,32)(H,34,35)/t19-,21?/m1/s1. The lowest BCUT2D eigenvalue weighted by atomic mass is 9.74. The molecule has 1 amide bonds. The maximum absolute atomic E-state index is 12.9. The topological polar surface area (TPSA) is 133 Å². The highest BCUT2D eigenvalue weighted by Crippen LogP contribution is 2.44. The van der Waals surface area contributed by atoms with Gasteiger partial charge in [0, 0.05) is 10.3 Å². The van der Waals surface area contributed by atoms with Gasteiger partial charge in [-0.05, 0) is 60.9 Å². The van der Waals surface area contributed by atoms with E-state index >= 15 is 0 Å². The van der Waals surface area contributed by atoms with Crippen LogP contribution in [0.3, 0.4) is 0 Å². The van der Waals surface area contributed by atoms with E-state index < -0.39 is 36.4 Å². The number of amides is 1. The Labute approximate surface area is 222 Å². The van der Waals surface area contributed by atoms with Crippen molar-refractivity contribution in [2.24, 2.45) is 5.41 Å². The van der Waals surface area contributed by atoms with Crippen molar-refractivity contribution in [3.63, 3.8) is 0 Å². The average Bonchev–Trinajstić information content (AvgIpc) is 3.20. The number of carbonyl (C=O) groups is 3. The van der Waals surface area contributed by atoms with Crippen LogP contribution in [0.5, 0.6) is 5.75 Å². The Bertz CT molecular complexity index is 1130. The molecule has 0 saturated heterocycles. The summed E-state index contributed by atoms with van der Waals surface area (Å²) in [7, 11) is 0. The quantitative estimate of drug-likeness (QED) is 0.304. The van der Waals surface area contributed by atoms with Crippen molar-refractivity contribution in [1.82, 2.24) is 5.32 Å². The number of carboxylic acids is 2. The van der Waals surface area contributed by atoms with E-state index in [0.717, 1.165) is 28.8 Å². The minimum absolute atomic E-state index is 0.193. The van der Waals surface area contributed by atoms with Crippen molar-refractivity contribution in [2.75, 3.05) is 6.61 Å². The van der Waals surface area contributed by atoms with Gasteiger partial charge in [-0.2, -0.15) is 0 Å². The molecule has 0 aliphatic heterocycles. The summed E-state index contributed by atoms with van der Waals surface area (Å²) < 4.78 is 5.91. The predicted molar refractivity (Wildman–Crippen MR) is 144 cm³/mol. The molecule has 37 heavy (non-hydrogen) atoms. The molecule has 1 aromatic heterocycles. The fourth-order valence-electron chi connectivity index (χ4n) is 4.22. The molecule has 0 spiro atoms. The molecular weight excluding hydrogens is 494 g/mol. The third-order valence-electron chi connectivity index (χ3n) is 6.91. The summed E-state index contributed by atoms with van der Waals surface area (Å²) >= 11 is 1.30. The van der Waals surface area contributed by atoms with Crippen LogP contribution < -0.4 is 10.1 Å². The number of hydrogen-bond acceptors (Lipinski definition) is 6. The van der Waals surface area contributed by atoms with Crippen LogP contribution in [0.15, 0.2) is 24.3 Å². The van der Waals surface area contributed by atoms with Crippen LogP contribution in [-0.4, -0.2) is 51.9 Å². The minimum atomic E-state index is -1.51. The second-order valence-electron chi connectivity index (χ2n) is 10.5. The molecule has 4 N–H and O–H groups in total. The Hall–Kier alpha value is -2.91. The lowest BCUT2D eigenvalue weighted by Crippen LogP contribution is -2.42. The van der Waals surface area contributed by atoms with Crippen molar-refractivity contribution in [2.45, 2.75) is 85.3 Å². The molecule has 0 saturated carbocycles. The molecule has 2 aromatic rings. The number of aliphatic hydroxyl groups excluding tert-OH is 1. The van der Waals surface area contributed by atoms with E-state index in [0.29, 0.717) is 16.2 Å². The number of hydrogen-bond donors (Lipinski definition) is 4. The first-order chi connectivity index (χ1) is 17.2. The first kappa shape index (κ1) is 30.3. The minimum Gasteiger partial charge on any atom is -0.491 e. The monoisotopic (exact) mass is 533 g/mol. The molecule has 0 aliphatic carbocycles. The molecule has 2 atom stereocenters. The number of thiophene rings is 1. The maximum atomic E-state index is 12.9. The second-order valence-corrected chi connectivity index (χ2v) is 11.6. The number of carbonyl (C=O) groups excluding carboxylic acids is 1. The van der Waals surface area contributed by atoms with E-state index in [2.05, 4.69) is 25.2 Å². The molecule has 8 nitrogen and oxygen atoms in total. The number of carboxylic acid groups (broad SMARTS) is 2. The van der Waals surface area contributed by atoms with Crippen LogP contribution in [-0.2, 0) is 15.0 Å². The lowest BCUT2D eigenvalue weighted by molar-refractivity contribution is -0.145. The highest BCUT2D eigenvalue weighted by molar-refractivity contribution is 7.14. The van der Waals surface area contributed by atoms with Gasteiger partial charge >= 0.3 is 11.9 Å². The fourth-order valence-corrected chi connectivity index (χ4v) is 5.65. The van der Waals surface area contributed by atoms with Gasteiger partial charge in [0.15, 0.2) is 0 Å². The zero-order chi connectivity index (χ0) is 28.1. The molecule has 1 aromatic carbocycles. The maximum Gasteiger partial charge on any atom is 0.326 e. The molecule has 0 radical (unpaired) electrons. The van der Waals surface area contributed by atoms with Gasteiger partial charge in [0.2, 0.25) is 0 Å². The van der Waals surface area contributed by atoms with Crippen LogP contribution in [0.2, 0.25) is 0 Å². The summed E-state index contributed by atoms with van der Waals surface area (Å²) in [5.74, 6) is -2.59. The first-order valence-corrected chi connectivity index (χ1v) is 13.3. The van der Waals surface area contributed by atoms with Crippen LogP contribution in [0.4, 0.5) is 0 Å². The molecule has 0 fully saturated rings. The molecule has 1 heterocycles. The van der Waals surface area contributed by atoms with Gasteiger partial charge in [-0.1, -0.05) is 46.8 Å². The van der Waals surface area contributed by atoms with Crippen LogP contribution in [0, 0.1) is 19.3 Å². The Balaban J connectivity index is 2.37. The van der Waals surface area contributed by atoms with Gasteiger partial charge in [0.05, 0.1) is 17.4 Å². The summed E-state index contributed by atoms with van der Waals surface area (Å²) in [5, 5.41) is 31.0. The SMILES string of the molecule is CCC(CC)(c1ccc(OCC(O)C(C)(C)C)c(C)c1)c1cc(C)c(C(=O)N[C@H](CC(=O)O)C(=O)O)s1. The van der Waals surface area contributed by atoms with Crippen LogP contribution in [0.1, 0.15) is 85.1 Å². The van der Waals surface area contributed by atoms with Gasteiger partial charge in [-0.25, -0.2) is 4.79 Å². The van der Waals surface area contributed by atoms with E-state index in [-0.39, 0.29) is 17.4 Å². The number of rotatable bonds is 12. The fraction of sp³-hybridized carbons (Fsp3) is 0.536. The summed E-state index contributed by atoms with van der Waals surface area (Å²) in [5.41, 5.74) is 2.05. The van der Waals surface area contributed by atoms with E-state index in [1.807, 2.05) is 45.9 Å². The van der Waals surface area contributed by atoms with Crippen molar-refractivity contribution < 1.29 is 34.4 Å². The highest BCUT2D eigenvalue weighted by Gasteiger charge is 2.35. The average molecular weight is 534 g/mol. The van der Waals surface area contributed by atoms with Crippen LogP contribution in [0.25, 0.3) is 0 Å². The third-order valence-corrected chi connectivity index (χ3v) is 8.35. The molecule has 0 aliphatic rings. The van der Waals surface area contributed by atoms with E-state index in [1.54, 1.807) is 6.92 Å². The summed E-state index contributed by atoms with van der Waals surface area (Å²) in [4.78, 5) is 36.7. The number of benzene rings is 1. The second kappa shape index (κ2) is 12.1. The molecule has 9 heteroatoms. The zero-order valence-corrected chi connectivity index (χ0v) is 23.5. The Morgan fingerprint density at radius 1 is 1.03 bits per heavy atom. The first-order valence-electron chi connectivity index (χ1n) is 12.4. The molecule has 0 bridgehead atoms. The van der Waals surface area contributed by atoms with E-state index in [1.165, 1.54) is 11.3 Å². The van der Waals surface area contributed by atoms with Gasteiger partial charge < -0.3 is 25.4 Å². The Morgan fingerprint density at radius 2 is 1.65 bits per heavy atom. The van der Waals surface area contributed by atoms with Crippen molar-refractivity contribution >= 4 is 29.2 Å². The largest absolute Gasteiger partial charge is 0.491 e. The van der Waals surface area contributed by atoms with Crippen molar-refractivity contribution in [3.8, 4) is 5.75 Å². The smallest absolute Gasteiger partial charge is 0.326 e. The van der Waals surface area contributed by atoms with Gasteiger partial charge in [-0.15, -0.1) is 11.3 Å². The molecule has 2 rings (SSSR count). The van der Waals surface area contributed by atoms with Gasteiger partial charge in [0.1, 0.15) is 18.4 Å². The Morgan fingerprint density at radius 3 is 2.14 bits per heavy atom. The number of ether oxygens (including phenoxy) is 1. The number of aliphatic carboxylic acids is 2. The summed E-state index contributed by atoms with van der Waals surface area (Å²) in [6.45, 7) is 14.0. The Kier molecular flexibility index (Phi) is 9.91. The van der Waals surface area contributed by atoms with Gasteiger partial charge in [-0.3, -0.25) is 9.59 Å². The normalized spacial score (nSPS) is 13.6. The van der Waals surface area contributed by atoms with E-state index in [9.17, 15) is 24.6 Å². The third kappa shape index (κ3) is 7.11. The number of aryl methyl sites for hydroxylation is 2. The zero-order valence-electron chi connectivity index (χ0n) is 22.7. The summed E-state index contributed by atoms with van der Waals surface area (Å²) in [6.07, 6.45) is 0.229. The highest BCUT2D eigenvalue weighted by atomic mass is 32.1. The van der Waals surface area contributed by atoms with Crippen molar-refractivity contribution in [1.29, 1.82) is 0 Å². The van der Waals surface area contributed by atoms with Crippen LogP contribution >= 0.6 is 11.3 Å². The predicted octanol–water partition coefficient (Wildman–Crippen LogP) is 4.91. The lowest BCUT2D eigenvalue weighted by Gasteiger charge is -2.32. The van der Waals surface area contributed by atoms with Crippen molar-refractivity contribution in [3.05, 3.63) is 50.7 Å². The summed E-state index contributed by atoms with van der Waals surface area (Å²) in [6, 6.07) is 6.45. The number of nitrogens with one attached hydrogen (secondary N) is 1. The van der Waals surface area contributed by atoms with E-state index in [4.69, 9.17) is 9.84 Å². The molecule has 204 valence electrons. The van der Waals surface area contributed by atoms with Gasteiger partial charge in [0.25, 0.3) is 5.91 Å². The molecule has 1 unspecified atom stereocenters.